The van der Waals surface area contributed by atoms with Crippen LogP contribution in [0.1, 0.15) is 36.4 Å². The molecule has 3 fully saturated rings. The van der Waals surface area contributed by atoms with Gasteiger partial charge in [0.15, 0.2) is 0 Å². The van der Waals surface area contributed by atoms with E-state index in [1.165, 1.54) is 26.1 Å². The molecule has 6 rings (SSSR count). The number of fused-ring (bicyclic) bond motifs is 2. The Kier molecular flexibility index (Phi) is 6.78. The maximum atomic E-state index is 13.8. The van der Waals surface area contributed by atoms with Crippen molar-refractivity contribution in [1.29, 1.82) is 0 Å². The van der Waals surface area contributed by atoms with Crippen LogP contribution in [0, 0.1) is 18.3 Å². The lowest BCUT2D eigenvalue weighted by Gasteiger charge is -2.24. The average molecular weight is 642 g/mol. The number of alkyl halides is 6. The van der Waals surface area contributed by atoms with Crippen LogP contribution in [-0.2, 0) is 31.8 Å². The van der Waals surface area contributed by atoms with E-state index in [1.54, 1.807) is 13.0 Å². The quantitative estimate of drug-likeness (QED) is 0.224. The number of piperidine rings is 1. The Balaban J connectivity index is 1.36. The Labute approximate surface area is 250 Å². The van der Waals surface area contributed by atoms with Gasteiger partial charge in [-0.05, 0) is 43.7 Å². The molecule has 2 aliphatic heterocycles. The van der Waals surface area contributed by atoms with Gasteiger partial charge in [-0.1, -0.05) is 13.8 Å². The van der Waals surface area contributed by atoms with Gasteiger partial charge in [-0.15, -0.1) is 11.3 Å². The highest BCUT2D eigenvalue weighted by molar-refractivity contribution is 7.19. The van der Waals surface area contributed by atoms with E-state index in [0.717, 1.165) is 35.3 Å². The van der Waals surface area contributed by atoms with Crippen LogP contribution in [0.2, 0.25) is 0 Å². The predicted molar refractivity (Wildman–Crippen MR) is 145 cm³/mol. The number of nitrogens with zero attached hydrogens (tertiary/aromatic N) is 3. The summed E-state index contributed by atoms with van der Waals surface area (Å²) in [7, 11) is 0. The molecule has 1 saturated carbocycles. The highest BCUT2D eigenvalue weighted by Gasteiger charge is 2.88. The molecule has 3 atom stereocenters. The molecule has 0 spiro atoms. The summed E-state index contributed by atoms with van der Waals surface area (Å²) in [6.45, 7) is 5.32. The number of anilines is 1. The van der Waals surface area contributed by atoms with Crippen molar-refractivity contribution in [3.8, 4) is 11.3 Å². The molecule has 234 valence electrons. The number of carbonyl (C=O) groups excluding carboxylic acids is 3. The van der Waals surface area contributed by atoms with E-state index in [-0.39, 0.29) is 18.3 Å². The molecule has 3 aliphatic rings. The summed E-state index contributed by atoms with van der Waals surface area (Å²) in [5.74, 6) is -5.69. The van der Waals surface area contributed by atoms with Gasteiger partial charge in [0.25, 0.3) is 5.91 Å². The number of pyridine rings is 2. The van der Waals surface area contributed by atoms with Crippen LogP contribution in [0.5, 0.6) is 0 Å². The maximum Gasteiger partial charge on any atom is 0.490 e. The second-order valence-corrected chi connectivity index (χ2v) is 12.8. The molecule has 0 bridgehead atoms. The smallest absolute Gasteiger partial charge is 0.441 e. The molecule has 1 aliphatic carbocycles. The number of esters is 1. The number of amides is 2. The van der Waals surface area contributed by atoms with Gasteiger partial charge in [0.1, 0.15) is 5.69 Å². The minimum atomic E-state index is -5.36. The Bertz CT molecular complexity index is 1710. The molecule has 2 N–H and O–H groups in total. The normalized spacial score (nSPS) is 24.6. The number of aromatic nitrogens is 2. The fraction of sp³-hybridized carbons (Fsp3) is 0.464. The highest BCUT2D eigenvalue weighted by Crippen LogP contribution is 2.69. The van der Waals surface area contributed by atoms with E-state index >= 15 is 0 Å². The van der Waals surface area contributed by atoms with Crippen molar-refractivity contribution in [2.24, 2.45) is 11.3 Å². The van der Waals surface area contributed by atoms with Crippen molar-refractivity contribution in [2.45, 2.75) is 57.7 Å². The van der Waals surface area contributed by atoms with Crippen molar-refractivity contribution in [2.75, 3.05) is 18.4 Å². The number of thiophene rings is 1. The topological polar surface area (TPSA) is 114 Å². The lowest BCUT2D eigenvalue weighted by atomic mass is 10.0. The number of aryl methyl sites for hydroxylation is 1. The first-order valence-electron chi connectivity index (χ1n) is 13.6. The summed E-state index contributed by atoms with van der Waals surface area (Å²) in [6.07, 6.45) is -7.91. The van der Waals surface area contributed by atoms with E-state index in [2.05, 4.69) is 25.3 Å². The average Bonchev–Trinajstić information content (AvgIpc) is 3.42. The number of halogens is 6. The first kappa shape index (κ1) is 30.2. The number of likely N-dealkylation sites (tertiary alicyclic amines) is 1. The molecule has 2 amide bonds. The maximum absolute atomic E-state index is 13.8. The van der Waals surface area contributed by atoms with Crippen molar-refractivity contribution >= 4 is 45.0 Å². The van der Waals surface area contributed by atoms with Crippen LogP contribution in [-0.4, -0.2) is 63.6 Å². The van der Waals surface area contributed by atoms with Gasteiger partial charge < -0.3 is 15.4 Å². The monoisotopic (exact) mass is 641 g/mol. The van der Waals surface area contributed by atoms with Crippen molar-refractivity contribution in [3.63, 3.8) is 0 Å². The van der Waals surface area contributed by atoms with Crippen molar-refractivity contribution in [3.05, 3.63) is 40.5 Å². The third-order valence-electron chi connectivity index (χ3n) is 8.51. The van der Waals surface area contributed by atoms with E-state index in [9.17, 15) is 40.7 Å². The van der Waals surface area contributed by atoms with Gasteiger partial charge in [-0.3, -0.25) is 19.5 Å². The summed E-state index contributed by atoms with van der Waals surface area (Å²) < 4.78 is 85.5. The molecule has 2 saturated heterocycles. The molecular weight excluding hydrogens is 616 g/mol. The number of hydrogen-bond acceptors (Lipinski definition) is 9. The molecule has 3 unspecified atom stereocenters. The third kappa shape index (κ3) is 4.60. The van der Waals surface area contributed by atoms with Crippen LogP contribution in [0.3, 0.4) is 0 Å². The SMILES string of the molecule is Cc1cc(C(F)(F)F)nc(-c2ccnc3cc(CN4C(=O)C5C(C)(C)C5(OC(=O)C(F)(F)F)C4=O)sc23)c1NC1CCNC1. The van der Waals surface area contributed by atoms with Crippen LogP contribution in [0.15, 0.2) is 24.4 Å². The summed E-state index contributed by atoms with van der Waals surface area (Å²) in [4.78, 5) is 47.7. The second-order valence-electron chi connectivity index (χ2n) is 11.7. The van der Waals surface area contributed by atoms with Gasteiger partial charge in [0, 0.05) is 34.6 Å². The van der Waals surface area contributed by atoms with Gasteiger partial charge in [-0.25, -0.2) is 9.78 Å². The lowest BCUT2D eigenvalue weighted by Crippen LogP contribution is -2.45. The molecule has 0 radical (unpaired) electrons. The third-order valence-corrected chi connectivity index (χ3v) is 9.65. The molecule has 16 heteroatoms. The molecular formula is C28H25F6N5O4S. The zero-order valence-corrected chi connectivity index (χ0v) is 24.3. The van der Waals surface area contributed by atoms with Gasteiger partial charge in [0.05, 0.1) is 34.1 Å². The van der Waals surface area contributed by atoms with E-state index in [4.69, 9.17) is 0 Å². The van der Waals surface area contributed by atoms with Crippen LogP contribution >= 0.6 is 11.3 Å². The van der Waals surface area contributed by atoms with Gasteiger partial charge in [-0.2, -0.15) is 26.3 Å². The summed E-state index contributed by atoms with van der Waals surface area (Å²) in [6, 6.07) is 4.01. The Morgan fingerprint density at radius 3 is 2.57 bits per heavy atom. The van der Waals surface area contributed by atoms with E-state index in [1.807, 2.05) is 0 Å². The predicted octanol–water partition coefficient (Wildman–Crippen LogP) is 4.83. The minimum Gasteiger partial charge on any atom is -0.441 e. The standard InChI is InChI=1S/C28H25F6N5O4S/c1-12-8-17(27(29,30)31)38-19(18(12)37-13-4-6-35-10-13)15-5-7-36-16-9-14(44-20(15)16)11-39-22(40)21-25(2,3)26(21,23(39)41)43-24(42)28(32,33)34/h5,7-9,13,21,35,37H,4,6,10-11H2,1-3H3. The number of carbonyl (C=O) groups is 3. The first-order valence-corrected chi connectivity index (χ1v) is 14.4. The summed E-state index contributed by atoms with van der Waals surface area (Å²) in [5, 5.41) is 6.52. The number of rotatable bonds is 6. The zero-order chi connectivity index (χ0) is 32.0. The molecule has 3 aromatic heterocycles. The van der Waals surface area contributed by atoms with Crippen LogP contribution in [0.4, 0.5) is 32.0 Å². The molecule has 9 nitrogen and oxygen atoms in total. The largest absolute Gasteiger partial charge is 0.490 e. The van der Waals surface area contributed by atoms with Gasteiger partial charge >= 0.3 is 18.3 Å². The second kappa shape index (κ2) is 9.86. The Hall–Kier alpha value is -3.79. The lowest BCUT2D eigenvalue weighted by molar-refractivity contribution is -0.209. The molecule has 44 heavy (non-hydrogen) atoms. The fourth-order valence-corrected chi connectivity index (χ4v) is 7.35. The van der Waals surface area contributed by atoms with E-state index in [0.29, 0.717) is 38.5 Å². The van der Waals surface area contributed by atoms with Crippen LogP contribution < -0.4 is 10.6 Å². The Morgan fingerprint density at radius 1 is 1.20 bits per heavy atom. The Morgan fingerprint density at radius 2 is 1.93 bits per heavy atom. The summed E-state index contributed by atoms with van der Waals surface area (Å²) >= 11 is 1.06. The number of nitrogens with one attached hydrogen (secondary N) is 2. The highest BCUT2D eigenvalue weighted by atomic mass is 32.1. The van der Waals surface area contributed by atoms with Crippen molar-refractivity contribution in [1.82, 2.24) is 20.2 Å². The number of hydrogen-bond donors (Lipinski definition) is 2. The molecule has 3 aromatic rings. The first-order chi connectivity index (χ1) is 20.5. The minimum absolute atomic E-state index is 0.0381. The van der Waals surface area contributed by atoms with Gasteiger partial charge in [0.2, 0.25) is 11.5 Å². The van der Waals surface area contributed by atoms with E-state index < -0.39 is 52.8 Å². The molecule has 0 aromatic carbocycles. The summed E-state index contributed by atoms with van der Waals surface area (Å²) in [5.41, 5.74) is -3.16. The van der Waals surface area contributed by atoms with Crippen LogP contribution in [0.25, 0.3) is 21.5 Å². The number of imide groups is 1. The fourth-order valence-electron chi connectivity index (χ4n) is 6.23. The zero-order valence-electron chi connectivity index (χ0n) is 23.4. The van der Waals surface area contributed by atoms with Crippen molar-refractivity contribution < 1.29 is 45.5 Å². The molecule has 5 heterocycles. The number of ether oxygens (including phenoxy) is 1.